The zero-order valence-electron chi connectivity index (χ0n) is 17.0. The number of hydrogen-bond donors (Lipinski definition) is 1. The molecule has 6 nitrogen and oxygen atoms in total. The molecule has 32 heavy (non-hydrogen) atoms. The average Bonchev–Trinajstić information content (AvgIpc) is 3.33. The minimum Gasteiger partial charge on any atom is -0.467 e. The van der Waals surface area contributed by atoms with Crippen LogP contribution < -0.4 is 10.9 Å². The monoisotopic (exact) mass is 441 g/mol. The third-order valence-corrected chi connectivity index (χ3v) is 6.09. The number of carbonyl (C=O) groups is 1. The molecule has 0 fully saturated rings. The van der Waals surface area contributed by atoms with Crippen molar-refractivity contribution in [2.24, 2.45) is 0 Å². The van der Waals surface area contributed by atoms with Crippen LogP contribution in [0.5, 0.6) is 0 Å². The van der Waals surface area contributed by atoms with Crippen LogP contribution in [0.15, 0.2) is 99.5 Å². The lowest BCUT2D eigenvalue weighted by atomic mass is 10.1. The molecule has 3 aromatic carbocycles. The molecule has 0 saturated carbocycles. The summed E-state index contributed by atoms with van der Waals surface area (Å²) in [6, 6.07) is 24.5. The smallest absolute Gasteiger partial charge is 0.262 e. The number of hydrogen-bond acceptors (Lipinski definition) is 5. The van der Waals surface area contributed by atoms with Crippen molar-refractivity contribution in [1.29, 1.82) is 0 Å². The van der Waals surface area contributed by atoms with Crippen LogP contribution >= 0.6 is 11.8 Å². The van der Waals surface area contributed by atoms with Crippen molar-refractivity contribution in [1.82, 2.24) is 9.55 Å². The van der Waals surface area contributed by atoms with Crippen molar-refractivity contribution < 1.29 is 9.21 Å². The first kappa shape index (κ1) is 20.1. The Morgan fingerprint density at radius 2 is 1.72 bits per heavy atom. The maximum atomic E-state index is 13.1. The molecule has 2 aromatic heterocycles. The van der Waals surface area contributed by atoms with Crippen molar-refractivity contribution in [3.63, 3.8) is 0 Å². The molecule has 1 amide bonds. The molecule has 0 spiro atoms. The molecule has 0 saturated heterocycles. The molecule has 0 unspecified atom stereocenters. The summed E-state index contributed by atoms with van der Waals surface area (Å²) in [5.74, 6) is 0.594. The summed E-state index contributed by atoms with van der Waals surface area (Å²) >= 11 is 1.23. The van der Waals surface area contributed by atoms with E-state index in [1.165, 1.54) is 11.8 Å². The summed E-state index contributed by atoms with van der Waals surface area (Å²) in [6.07, 6.45) is 1.57. The Labute approximate surface area is 187 Å². The molecule has 7 heteroatoms. The lowest BCUT2D eigenvalue weighted by Crippen LogP contribution is -2.24. The number of aromatic nitrogens is 2. The topological polar surface area (TPSA) is 77.1 Å². The molecular formula is C25H19N3O3S. The number of carbonyl (C=O) groups excluding carboxylic acids is 1. The van der Waals surface area contributed by atoms with Gasteiger partial charge >= 0.3 is 0 Å². The van der Waals surface area contributed by atoms with Gasteiger partial charge in [0.05, 0.1) is 29.5 Å². The number of fused-ring (bicyclic) bond motifs is 2. The number of rotatable bonds is 6. The number of benzene rings is 3. The van der Waals surface area contributed by atoms with Crippen LogP contribution in [0, 0.1) is 0 Å². The van der Waals surface area contributed by atoms with Gasteiger partial charge in [0.1, 0.15) is 5.76 Å². The van der Waals surface area contributed by atoms with Crippen LogP contribution in [0.3, 0.4) is 0 Å². The van der Waals surface area contributed by atoms with Gasteiger partial charge in [0.25, 0.3) is 5.56 Å². The van der Waals surface area contributed by atoms with Crippen LogP contribution in [-0.4, -0.2) is 21.2 Å². The van der Waals surface area contributed by atoms with Crippen LogP contribution in [0.4, 0.5) is 5.69 Å². The first-order chi connectivity index (χ1) is 15.7. The van der Waals surface area contributed by atoms with E-state index < -0.39 is 0 Å². The highest BCUT2D eigenvalue weighted by atomic mass is 32.2. The number of nitrogens with one attached hydrogen (secondary N) is 1. The molecule has 5 rings (SSSR count). The minimum absolute atomic E-state index is 0.117. The standard InChI is InChI=1S/C25H19N3O3S/c29-23(26-21-13-5-8-17-7-1-2-10-19(17)21)16-32-25-27-22-12-4-3-11-20(22)24(30)28(25)15-18-9-6-14-31-18/h1-14H,15-16H2,(H,26,29). The van der Waals surface area contributed by atoms with Gasteiger partial charge in [-0.2, -0.15) is 0 Å². The summed E-state index contributed by atoms with van der Waals surface area (Å²) in [4.78, 5) is 30.5. The van der Waals surface area contributed by atoms with Crippen molar-refractivity contribution in [2.75, 3.05) is 11.1 Å². The predicted molar refractivity (Wildman–Crippen MR) is 127 cm³/mol. The van der Waals surface area contributed by atoms with E-state index in [1.807, 2.05) is 60.7 Å². The van der Waals surface area contributed by atoms with E-state index in [0.29, 0.717) is 21.8 Å². The van der Waals surface area contributed by atoms with Gasteiger partial charge in [-0.1, -0.05) is 60.3 Å². The average molecular weight is 442 g/mol. The molecule has 0 aliphatic carbocycles. The van der Waals surface area contributed by atoms with Crippen molar-refractivity contribution in [3.8, 4) is 0 Å². The minimum atomic E-state index is -0.168. The third kappa shape index (κ3) is 4.02. The van der Waals surface area contributed by atoms with Crippen molar-refractivity contribution in [3.05, 3.63) is 101 Å². The quantitative estimate of drug-likeness (QED) is 0.299. The first-order valence-corrected chi connectivity index (χ1v) is 11.1. The Hall–Kier alpha value is -3.84. The fraction of sp³-hybridized carbons (Fsp3) is 0.0800. The van der Waals surface area contributed by atoms with E-state index in [1.54, 1.807) is 29.0 Å². The normalized spacial score (nSPS) is 11.1. The second kappa shape index (κ2) is 8.72. The number of anilines is 1. The molecular weight excluding hydrogens is 422 g/mol. The van der Waals surface area contributed by atoms with Gasteiger partial charge in [0.15, 0.2) is 5.16 Å². The Bertz CT molecular complexity index is 1470. The second-order valence-electron chi connectivity index (χ2n) is 7.25. The SMILES string of the molecule is O=C(CSc1nc2ccccc2c(=O)n1Cc1ccco1)Nc1cccc2ccccc12. The van der Waals surface area contributed by atoms with Gasteiger partial charge in [-0.05, 0) is 35.7 Å². The van der Waals surface area contributed by atoms with E-state index in [9.17, 15) is 9.59 Å². The first-order valence-electron chi connectivity index (χ1n) is 10.1. The fourth-order valence-electron chi connectivity index (χ4n) is 3.61. The van der Waals surface area contributed by atoms with Crippen LogP contribution in [-0.2, 0) is 11.3 Å². The summed E-state index contributed by atoms with van der Waals surface area (Å²) in [5, 5.41) is 6.02. The Morgan fingerprint density at radius 1 is 0.938 bits per heavy atom. The highest BCUT2D eigenvalue weighted by molar-refractivity contribution is 7.99. The zero-order valence-corrected chi connectivity index (χ0v) is 17.8. The number of furan rings is 1. The van der Waals surface area contributed by atoms with E-state index in [2.05, 4.69) is 10.3 Å². The van der Waals surface area contributed by atoms with Gasteiger partial charge in [-0.15, -0.1) is 0 Å². The molecule has 0 radical (unpaired) electrons. The third-order valence-electron chi connectivity index (χ3n) is 5.12. The molecule has 5 aromatic rings. The summed E-state index contributed by atoms with van der Waals surface area (Å²) in [5.41, 5.74) is 1.20. The van der Waals surface area contributed by atoms with E-state index in [0.717, 1.165) is 16.5 Å². The zero-order chi connectivity index (χ0) is 21.9. The molecule has 2 heterocycles. The van der Waals surface area contributed by atoms with Crippen LogP contribution in [0.1, 0.15) is 5.76 Å². The lowest BCUT2D eigenvalue weighted by molar-refractivity contribution is -0.113. The van der Waals surface area contributed by atoms with Crippen molar-refractivity contribution >= 4 is 45.0 Å². The Balaban J connectivity index is 1.41. The van der Waals surface area contributed by atoms with Gasteiger partial charge in [-0.3, -0.25) is 14.2 Å². The maximum absolute atomic E-state index is 13.1. The van der Waals surface area contributed by atoms with Crippen LogP contribution in [0.25, 0.3) is 21.7 Å². The van der Waals surface area contributed by atoms with Crippen molar-refractivity contribution in [2.45, 2.75) is 11.7 Å². The Morgan fingerprint density at radius 3 is 2.56 bits per heavy atom. The number of nitrogens with zero attached hydrogens (tertiary/aromatic N) is 2. The van der Waals surface area contributed by atoms with E-state index in [4.69, 9.17) is 4.42 Å². The van der Waals surface area contributed by atoms with Gasteiger partial charge in [0.2, 0.25) is 5.91 Å². The molecule has 0 atom stereocenters. The Kier molecular flexibility index (Phi) is 5.47. The second-order valence-corrected chi connectivity index (χ2v) is 8.19. The maximum Gasteiger partial charge on any atom is 0.262 e. The number of para-hydroxylation sites is 1. The number of thioether (sulfide) groups is 1. The predicted octanol–water partition coefficient (Wildman–Crippen LogP) is 4.92. The highest BCUT2D eigenvalue weighted by Crippen LogP contribution is 2.24. The molecule has 0 aliphatic heterocycles. The van der Waals surface area contributed by atoms with Gasteiger partial charge in [0, 0.05) is 11.1 Å². The van der Waals surface area contributed by atoms with Gasteiger partial charge < -0.3 is 9.73 Å². The number of amides is 1. The molecule has 1 N–H and O–H groups in total. The molecule has 0 bridgehead atoms. The summed E-state index contributed by atoms with van der Waals surface area (Å²) in [7, 11) is 0. The molecule has 0 aliphatic rings. The highest BCUT2D eigenvalue weighted by Gasteiger charge is 2.15. The summed E-state index contributed by atoms with van der Waals surface area (Å²) in [6.45, 7) is 0.247. The fourth-order valence-corrected chi connectivity index (χ4v) is 4.41. The van der Waals surface area contributed by atoms with E-state index in [-0.39, 0.29) is 23.8 Å². The molecule has 158 valence electrons. The van der Waals surface area contributed by atoms with Crippen LogP contribution in [0.2, 0.25) is 0 Å². The van der Waals surface area contributed by atoms with E-state index >= 15 is 0 Å². The largest absolute Gasteiger partial charge is 0.467 e. The summed E-state index contributed by atoms with van der Waals surface area (Å²) < 4.78 is 6.98. The van der Waals surface area contributed by atoms with Gasteiger partial charge in [-0.25, -0.2) is 4.98 Å². The lowest BCUT2D eigenvalue weighted by Gasteiger charge is -2.12.